The van der Waals surface area contributed by atoms with Gasteiger partial charge in [0, 0.05) is 41.3 Å². The van der Waals surface area contributed by atoms with Crippen molar-refractivity contribution in [2.45, 2.75) is 24.2 Å². The molecule has 0 atom stereocenters. The van der Waals surface area contributed by atoms with Crippen molar-refractivity contribution in [3.63, 3.8) is 0 Å². The van der Waals surface area contributed by atoms with Gasteiger partial charge in [0.05, 0.1) is 0 Å². The van der Waals surface area contributed by atoms with Crippen molar-refractivity contribution in [3.05, 3.63) is 83.8 Å². The number of hydrogen-bond donors (Lipinski definition) is 0. The Hall–Kier alpha value is -2.59. The fourth-order valence-electron chi connectivity index (χ4n) is 3.50. The van der Waals surface area contributed by atoms with Crippen LogP contribution in [-0.2, 0) is 6.42 Å². The molecule has 0 saturated carbocycles. The molecule has 0 aliphatic carbocycles. The quantitative estimate of drug-likeness (QED) is 0.514. The number of pyridine rings is 2. The Labute approximate surface area is 165 Å². The number of fused-ring (bicyclic) bond motifs is 1. The molecule has 1 aliphatic heterocycles. The minimum absolute atomic E-state index is 0.901. The van der Waals surface area contributed by atoms with E-state index in [-0.39, 0.29) is 0 Å². The van der Waals surface area contributed by atoms with Gasteiger partial charge >= 0.3 is 0 Å². The van der Waals surface area contributed by atoms with E-state index in [2.05, 4.69) is 69.7 Å². The highest BCUT2D eigenvalue weighted by atomic mass is 32.2. The zero-order chi connectivity index (χ0) is 18.5. The highest BCUT2D eigenvalue weighted by Crippen LogP contribution is 2.35. The molecule has 4 heteroatoms. The van der Waals surface area contributed by atoms with Crippen molar-refractivity contribution in [1.82, 2.24) is 9.97 Å². The molecule has 27 heavy (non-hydrogen) atoms. The first-order chi connectivity index (χ1) is 13.3. The zero-order valence-corrected chi connectivity index (χ0v) is 16.3. The van der Waals surface area contributed by atoms with Crippen LogP contribution in [0.4, 0.5) is 11.5 Å². The first-order valence-corrected chi connectivity index (χ1v) is 10.5. The average Bonchev–Trinajstić information content (AvgIpc) is 2.74. The third-order valence-corrected chi connectivity index (χ3v) is 5.60. The lowest BCUT2D eigenvalue weighted by atomic mass is 9.99. The van der Waals surface area contributed by atoms with Crippen LogP contribution in [0.1, 0.15) is 24.0 Å². The third kappa shape index (κ3) is 4.22. The first-order valence-electron chi connectivity index (χ1n) is 9.28. The summed E-state index contributed by atoms with van der Waals surface area (Å²) in [6, 6.07) is 17.1. The van der Waals surface area contributed by atoms with Gasteiger partial charge in [-0.25, -0.2) is 4.98 Å². The molecule has 1 aromatic carbocycles. The Bertz CT molecular complexity index is 937. The molecule has 3 nitrogen and oxygen atoms in total. The van der Waals surface area contributed by atoms with Gasteiger partial charge in [0.1, 0.15) is 5.82 Å². The summed E-state index contributed by atoms with van der Waals surface area (Å²) in [6.07, 6.45) is 13.4. The molecule has 0 radical (unpaired) electrons. The molecule has 4 rings (SSSR count). The van der Waals surface area contributed by atoms with Crippen LogP contribution in [-0.4, -0.2) is 22.8 Å². The van der Waals surface area contributed by atoms with E-state index in [0.717, 1.165) is 31.6 Å². The molecule has 1 aliphatic rings. The van der Waals surface area contributed by atoms with Crippen molar-refractivity contribution in [1.29, 1.82) is 0 Å². The van der Waals surface area contributed by atoms with Crippen LogP contribution < -0.4 is 4.90 Å². The second-order valence-corrected chi connectivity index (χ2v) is 7.60. The van der Waals surface area contributed by atoms with Gasteiger partial charge in [-0.05, 0) is 79.1 Å². The van der Waals surface area contributed by atoms with Crippen LogP contribution in [0.3, 0.4) is 0 Å². The molecular formula is C23H23N3S. The fraction of sp³-hybridized carbons (Fsp3) is 0.217. The molecule has 0 bridgehead atoms. The molecule has 0 saturated heterocycles. The highest BCUT2D eigenvalue weighted by molar-refractivity contribution is 7.98. The summed E-state index contributed by atoms with van der Waals surface area (Å²) in [6.45, 7) is 0.901. The van der Waals surface area contributed by atoms with Gasteiger partial charge in [0.2, 0.25) is 0 Å². The monoisotopic (exact) mass is 373 g/mol. The maximum atomic E-state index is 4.66. The highest BCUT2D eigenvalue weighted by Gasteiger charge is 2.20. The Morgan fingerprint density at radius 1 is 1.00 bits per heavy atom. The zero-order valence-electron chi connectivity index (χ0n) is 15.5. The van der Waals surface area contributed by atoms with Crippen molar-refractivity contribution in [2.75, 3.05) is 17.7 Å². The summed E-state index contributed by atoms with van der Waals surface area (Å²) in [5.41, 5.74) is 5.23. The average molecular weight is 374 g/mol. The van der Waals surface area contributed by atoms with Crippen LogP contribution in [0.2, 0.25) is 0 Å². The first kappa shape index (κ1) is 17.8. The summed E-state index contributed by atoms with van der Waals surface area (Å²) >= 11 is 1.77. The van der Waals surface area contributed by atoms with E-state index in [1.807, 2.05) is 24.7 Å². The maximum absolute atomic E-state index is 4.66. The normalized spacial score (nSPS) is 13.2. The van der Waals surface area contributed by atoms with Crippen LogP contribution in [0.5, 0.6) is 0 Å². The fourth-order valence-corrected chi connectivity index (χ4v) is 3.96. The van der Waals surface area contributed by atoms with Crippen LogP contribution >= 0.6 is 11.8 Å². The summed E-state index contributed by atoms with van der Waals surface area (Å²) in [5, 5.41) is 0. The minimum atomic E-state index is 0.901. The van der Waals surface area contributed by atoms with Crippen molar-refractivity contribution >= 4 is 29.3 Å². The number of benzene rings is 1. The summed E-state index contributed by atoms with van der Waals surface area (Å²) < 4.78 is 0. The van der Waals surface area contributed by atoms with Gasteiger partial charge in [-0.1, -0.05) is 12.1 Å². The molecule has 0 fully saturated rings. The Morgan fingerprint density at radius 2 is 1.89 bits per heavy atom. The van der Waals surface area contributed by atoms with E-state index in [1.54, 1.807) is 11.8 Å². The second kappa shape index (κ2) is 8.40. The van der Waals surface area contributed by atoms with E-state index < -0.39 is 0 Å². The number of hydrogen-bond acceptors (Lipinski definition) is 4. The van der Waals surface area contributed by atoms with E-state index in [9.17, 15) is 0 Å². The van der Waals surface area contributed by atoms with Crippen LogP contribution in [0.15, 0.2) is 77.6 Å². The lowest BCUT2D eigenvalue weighted by Crippen LogP contribution is -2.25. The number of thioether (sulfide) groups is 1. The molecule has 0 N–H and O–H groups in total. The maximum Gasteiger partial charge on any atom is 0.140 e. The number of rotatable bonds is 6. The molecule has 0 amide bonds. The van der Waals surface area contributed by atoms with E-state index in [0.29, 0.717) is 0 Å². The van der Waals surface area contributed by atoms with Crippen molar-refractivity contribution < 1.29 is 0 Å². The third-order valence-electron chi connectivity index (χ3n) is 4.87. The van der Waals surface area contributed by atoms with Gasteiger partial charge in [0.15, 0.2) is 0 Å². The number of aromatic nitrogens is 2. The van der Waals surface area contributed by atoms with Gasteiger partial charge in [0.25, 0.3) is 0 Å². The summed E-state index contributed by atoms with van der Waals surface area (Å²) in [4.78, 5) is 12.4. The standard InChI is InChI=1S/C23H23N3S/c1-27-22-9-3-8-21(16-22)26-17-19(15-20-7-4-12-25-23(20)26)6-2-5-18-10-13-24-14-11-18/h3-4,7-16H,2,5-6,17H2,1H3. The molecule has 0 spiro atoms. The molecule has 3 aromatic rings. The molecular weight excluding hydrogens is 350 g/mol. The van der Waals surface area contributed by atoms with Gasteiger partial charge in [-0.15, -0.1) is 11.8 Å². The summed E-state index contributed by atoms with van der Waals surface area (Å²) in [7, 11) is 0. The largest absolute Gasteiger partial charge is 0.322 e. The second-order valence-electron chi connectivity index (χ2n) is 6.72. The molecule has 0 unspecified atom stereocenters. The summed E-state index contributed by atoms with van der Waals surface area (Å²) in [5.74, 6) is 1.05. The molecule has 3 heterocycles. The SMILES string of the molecule is CSc1cccc(N2CC(CCCc3ccncc3)=Cc3cccnc32)c1. The van der Waals surface area contributed by atoms with Gasteiger partial charge in [-0.3, -0.25) is 4.98 Å². The Morgan fingerprint density at radius 3 is 2.74 bits per heavy atom. The number of nitrogens with zero attached hydrogens (tertiary/aromatic N) is 3. The lowest BCUT2D eigenvalue weighted by Gasteiger charge is -2.30. The molecule has 136 valence electrons. The van der Waals surface area contributed by atoms with Crippen molar-refractivity contribution in [2.24, 2.45) is 0 Å². The molecule has 2 aromatic heterocycles. The van der Waals surface area contributed by atoms with Gasteiger partial charge < -0.3 is 4.90 Å². The van der Waals surface area contributed by atoms with Crippen LogP contribution in [0, 0.1) is 0 Å². The Balaban J connectivity index is 1.54. The topological polar surface area (TPSA) is 29.0 Å². The number of aryl methyl sites for hydroxylation is 1. The van der Waals surface area contributed by atoms with Gasteiger partial charge in [-0.2, -0.15) is 0 Å². The predicted octanol–water partition coefficient (Wildman–Crippen LogP) is 5.76. The van der Waals surface area contributed by atoms with Crippen molar-refractivity contribution in [3.8, 4) is 0 Å². The number of anilines is 2. The smallest absolute Gasteiger partial charge is 0.140 e. The van der Waals surface area contributed by atoms with E-state index in [1.165, 1.54) is 27.3 Å². The van der Waals surface area contributed by atoms with E-state index >= 15 is 0 Å². The van der Waals surface area contributed by atoms with Crippen LogP contribution in [0.25, 0.3) is 6.08 Å². The minimum Gasteiger partial charge on any atom is -0.322 e. The lowest BCUT2D eigenvalue weighted by molar-refractivity contribution is 0.787. The Kier molecular flexibility index (Phi) is 5.54. The van der Waals surface area contributed by atoms with E-state index in [4.69, 9.17) is 0 Å². The predicted molar refractivity (Wildman–Crippen MR) is 115 cm³/mol.